The quantitative estimate of drug-likeness (QED) is 0.755. The molecule has 136 valence electrons. The lowest BCUT2D eigenvalue weighted by Crippen LogP contribution is -2.57. The molecule has 5 aliphatic rings. The molecule has 0 unspecified atom stereocenters. The van der Waals surface area contributed by atoms with Crippen molar-refractivity contribution in [1.82, 2.24) is 4.90 Å². The van der Waals surface area contributed by atoms with Crippen LogP contribution in [0.5, 0.6) is 0 Å². The minimum Gasteiger partial charge on any atom is -0.388 e. The Hall–Kier alpha value is -0.0800. The van der Waals surface area contributed by atoms with Crippen molar-refractivity contribution >= 4 is 0 Å². The molecule has 0 spiro atoms. The summed E-state index contributed by atoms with van der Waals surface area (Å²) < 4.78 is 0. The number of hydrogen-bond acceptors (Lipinski definition) is 2. The maximum absolute atomic E-state index is 11.6. The van der Waals surface area contributed by atoms with Gasteiger partial charge >= 0.3 is 0 Å². The molecule has 0 bridgehead atoms. The van der Waals surface area contributed by atoms with Gasteiger partial charge in [-0.2, -0.15) is 0 Å². The number of fused-ring (bicyclic) bond motifs is 5. The Kier molecular flexibility index (Phi) is 3.51. The zero-order valence-corrected chi connectivity index (χ0v) is 15.9. The van der Waals surface area contributed by atoms with Crippen LogP contribution in [0.3, 0.4) is 0 Å². The Balaban J connectivity index is 1.43. The fourth-order valence-corrected chi connectivity index (χ4v) is 8.26. The predicted molar refractivity (Wildman–Crippen MR) is 97.7 cm³/mol. The van der Waals surface area contributed by atoms with Crippen LogP contribution in [0.2, 0.25) is 0 Å². The van der Waals surface area contributed by atoms with Gasteiger partial charge in [0.25, 0.3) is 0 Å². The van der Waals surface area contributed by atoms with Gasteiger partial charge in [0.05, 0.1) is 5.60 Å². The van der Waals surface area contributed by atoms with Gasteiger partial charge in [-0.25, -0.2) is 0 Å². The summed E-state index contributed by atoms with van der Waals surface area (Å²) in [5.41, 5.74) is 0.418. The van der Waals surface area contributed by atoms with Gasteiger partial charge in [0.15, 0.2) is 0 Å². The van der Waals surface area contributed by atoms with E-state index in [1.165, 1.54) is 70.9 Å². The Labute approximate surface area is 148 Å². The van der Waals surface area contributed by atoms with Crippen molar-refractivity contribution in [2.75, 3.05) is 19.6 Å². The molecule has 5 fully saturated rings. The van der Waals surface area contributed by atoms with Gasteiger partial charge in [0.1, 0.15) is 0 Å². The molecule has 1 N–H and O–H groups in total. The highest BCUT2D eigenvalue weighted by Crippen LogP contribution is 2.68. The van der Waals surface area contributed by atoms with Crippen molar-refractivity contribution in [3.05, 3.63) is 0 Å². The Morgan fingerprint density at radius 3 is 2.46 bits per heavy atom. The van der Waals surface area contributed by atoms with Gasteiger partial charge in [-0.1, -0.05) is 26.7 Å². The summed E-state index contributed by atoms with van der Waals surface area (Å²) >= 11 is 0. The number of nitrogens with zero attached hydrogens (tertiary/aromatic N) is 1. The van der Waals surface area contributed by atoms with Gasteiger partial charge in [0, 0.05) is 25.0 Å². The molecule has 7 atom stereocenters. The highest BCUT2D eigenvalue weighted by molar-refractivity contribution is 5.15. The van der Waals surface area contributed by atoms with Crippen LogP contribution in [0, 0.1) is 34.5 Å². The average molecular weight is 332 g/mol. The molecule has 1 heterocycles. The van der Waals surface area contributed by atoms with Gasteiger partial charge in [0.2, 0.25) is 0 Å². The minimum absolute atomic E-state index is 0.189. The zero-order valence-electron chi connectivity index (χ0n) is 15.9. The lowest BCUT2D eigenvalue weighted by Gasteiger charge is -2.61. The smallest absolute Gasteiger partial charge is 0.0830 e. The molecule has 0 aromatic rings. The van der Waals surface area contributed by atoms with Crippen LogP contribution >= 0.6 is 0 Å². The molecule has 1 saturated heterocycles. The minimum atomic E-state index is -0.399. The fourth-order valence-electron chi connectivity index (χ4n) is 8.26. The second-order valence-corrected chi connectivity index (χ2v) is 10.7. The largest absolute Gasteiger partial charge is 0.388 e. The second kappa shape index (κ2) is 5.22. The second-order valence-electron chi connectivity index (χ2n) is 10.7. The monoisotopic (exact) mass is 331 g/mol. The normalized spacial score (nSPS) is 57.1. The summed E-state index contributed by atoms with van der Waals surface area (Å²) in [6.07, 6.45) is 13.9. The highest BCUT2D eigenvalue weighted by atomic mass is 16.3. The third-order valence-electron chi connectivity index (χ3n) is 9.93. The van der Waals surface area contributed by atoms with Crippen molar-refractivity contribution in [2.45, 2.75) is 83.7 Å². The summed E-state index contributed by atoms with van der Waals surface area (Å²) in [5.74, 6) is 3.67. The molecule has 2 nitrogen and oxygen atoms in total. The average Bonchev–Trinajstić information content (AvgIpc) is 3.32. The van der Waals surface area contributed by atoms with Gasteiger partial charge in [-0.15, -0.1) is 0 Å². The molecule has 24 heavy (non-hydrogen) atoms. The maximum atomic E-state index is 11.6. The van der Waals surface area contributed by atoms with E-state index in [-0.39, 0.29) is 5.41 Å². The summed E-state index contributed by atoms with van der Waals surface area (Å²) in [7, 11) is 0. The zero-order chi connectivity index (χ0) is 16.6. The topological polar surface area (TPSA) is 23.2 Å². The number of hydrogen-bond donors (Lipinski definition) is 1. The van der Waals surface area contributed by atoms with Crippen molar-refractivity contribution in [3.8, 4) is 0 Å². The van der Waals surface area contributed by atoms with Crippen molar-refractivity contribution in [3.63, 3.8) is 0 Å². The van der Waals surface area contributed by atoms with Crippen LogP contribution < -0.4 is 0 Å². The fraction of sp³-hybridized carbons (Fsp3) is 1.00. The molecule has 0 amide bonds. The van der Waals surface area contributed by atoms with E-state index in [1.807, 2.05) is 0 Å². The Morgan fingerprint density at radius 1 is 0.875 bits per heavy atom. The first-order chi connectivity index (χ1) is 11.5. The third-order valence-corrected chi connectivity index (χ3v) is 9.93. The van der Waals surface area contributed by atoms with Crippen molar-refractivity contribution < 1.29 is 5.11 Å². The van der Waals surface area contributed by atoms with E-state index >= 15 is 0 Å². The van der Waals surface area contributed by atoms with E-state index in [0.717, 1.165) is 36.6 Å². The van der Waals surface area contributed by atoms with E-state index in [9.17, 15) is 5.11 Å². The molecule has 0 radical (unpaired) electrons. The molecule has 2 heteroatoms. The first-order valence-electron chi connectivity index (χ1n) is 10.9. The Morgan fingerprint density at radius 2 is 1.67 bits per heavy atom. The molecule has 0 aromatic heterocycles. The standard InChI is InChI=1S/C22H37NO/c1-20-10-4-3-5-16(20)6-7-17-18(20)8-11-21(2)19(17)9-12-22(21,24)15-23-13-14-23/h16-19,24H,3-15H2,1-2H3/t16-,17+,18+,19-,20+,21+,22-/m1/s1. The van der Waals surface area contributed by atoms with E-state index < -0.39 is 5.60 Å². The van der Waals surface area contributed by atoms with Crippen LogP contribution in [0.25, 0.3) is 0 Å². The van der Waals surface area contributed by atoms with Crippen LogP contribution in [0.1, 0.15) is 78.1 Å². The molecule has 0 aromatic carbocycles. The van der Waals surface area contributed by atoms with E-state index in [4.69, 9.17) is 0 Å². The molecule has 1 aliphatic heterocycles. The van der Waals surface area contributed by atoms with E-state index in [0.29, 0.717) is 5.41 Å². The van der Waals surface area contributed by atoms with E-state index in [2.05, 4.69) is 18.7 Å². The third kappa shape index (κ3) is 2.08. The molecule has 4 saturated carbocycles. The van der Waals surface area contributed by atoms with Gasteiger partial charge < -0.3 is 5.11 Å². The maximum Gasteiger partial charge on any atom is 0.0830 e. The van der Waals surface area contributed by atoms with Crippen LogP contribution in [0.4, 0.5) is 0 Å². The lowest BCUT2D eigenvalue weighted by molar-refractivity contribution is -0.153. The molecular weight excluding hydrogens is 294 g/mol. The first-order valence-corrected chi connectivity index (χ1v) is 10.9. The summed E-state index contributed by atoms with van der Waals surface area (Å²) in [6.45, 7) is 8.52. The van der Waals surface area contributed by atoms with Crippen molar-refractivity contribution in [1.29, 1.82) is 0 Å². The van der Waals surface area contributed by atoms with Gasteiger partial charge in [-0.05, 0) is 80.5 Å². The first kappa shape index (κ1) is 16.1. The Bertz CT molecular complexity index is 516. The summed E-state index contributed by atoms with van der Waals surface area (Å²) in [5, 5.41) is 11.6. The van der Waals surface area contributed by atoms with Crippen LogP contribution in [-0.2, 0) is 0 Å². The molecule has 5 rings (SSSR count). The van der Waals surface area contributed by atoms with Crippen LogP contribution in [0.15, 0.2) is 0 Å². The molecule has 4 aliphatic carbocycles. The summed E-state index contributed by atoms with van der Waals surface area (Å²) in [4.78, 5) is 2.46. The summed E-state index contributed by atoms with van der Waals surface area (Å²) in [6, 6.07) is 0. The molecular formula is C22H37NO. The number of aliphatic hydroxyl groups is 1. The highest BCUT2D eigenvalue weighted by Gasteiger charge is 2.64. The van der Waals surface area contributed by atoms with Crippen molar-refractivity contribution in [2.24, 2.45) is 34.5 Å². The number of rotatable bonds is 2. The SMILES string of the molecule is C[C@]12CCCC[C@@H]1CC[C@@H]1[C@H]3CC[C@@](O)(CN4CC4)[C@@]3(C)CC[C@@H]12. The van der Waals surface area contributed by atoms with Gasteiger partial charge in [-0.3, -0.25) is 4.90 Å². The lowest BCUT2D eigenvalue weighted by atomic mass is 9.44. The number of β-amino-alcohol motifs (C(OH)–C–C–N with tert-alkyl or cyclic N) is 1. The van der Waals surface area contributed by atoms with Crippen LogP contribution in [-0.4, -0.2) is 35.2 Å². The predicted octanol–water partition coefficient (Wildman–Crippen LogP) is 4.47. The van der Waals surface area contributed by atoms with E-state index in [1.54, 1.807) is 0 Å².